The Bertz CT molecular complexity index is 554. The second kappa shape index (κ2) is 5.85. The summed E-state index contributed by atoms with van der Waals surface area (Å²) in [6, 6.07) is 14.8. The summed E-state index contributed by atoms with van der Waals surface area (Å²) >= 11 is 0. The molecule has 0 aliphatic heterocycles. The number of para-hydroxylation sites is 1. The Morgan fingerprint density at radius 1 is 1.11 bits per heavy atom. The largest absolute Gasteiger partial charge is 0.364 e. The predicted molar refractivity (Wildman–Crippen MR) is 77.8 cm³/mol. The summed E-state index contributed by atoms with van der Waals surface area (Å²) in [7, 11) is 1.88. The van der Waals surface area contributed by atoms with Gasteiger partial charge in [0.1, 0.15) is 5.82 Å². The number of halogens is 1. The molecule has 2 rings (SSSR count). The Labute approximate surface area is 113 Å². The molecule has 2 N–H and O–H groups in total. The van der Waals surface area contributed by atoms with Crippen LogP contribution in [0.1, 0.15) is 17.2 Å². The molecule has 0 aliphatic carbocycles. The molecule has 2 nitrogen and oxygen atoms in total. The van der Waals surface area contributed by atoms with Crippen molar-refractivity contribution in [1.82, 2.24) is 0 Å². The standard InChI is InChI=1S/C16H19FN2/c1-12-7-3-4-8-13(12)16(11-18)19(2)15-10-6-5-9-14(15)17/h3-10,16H,11,18H2,1-2H3. The summed E-state index contributed by atoms with van der Waals surface area (Å²) in [6.07, 6.45) is 0. The lowest BCUT2D eigenvalue weighted by atomic mass is 10.00. The monoisotopic (exact) mass is 258 g/mol. The third-order valence-corrected chi connectivity index (χ3v) is 3.47. The molecular weight excluding hydrogens is 239 g/mol. The van der Waals surface area contributed by atoms with Crippen LogP contribution in [0.5, 0.6) is 0 Å². The minimum absolute atomic E-state index is 0.0295. The molecule has 19 heavy (non-hydrogen) atoms. The number of hydrogen-bond donors (Lipinski definition) is 1. The lowest BCUT2D eigenvalue weighted by Crippen LogP contribution is -2.31. The van der Waals surface area contributed by atoms with E-state index in [0.29, 0.717) is 12.2 Å². The quantitative estimate of drug-likeness (QED) is 0.912. The topological polar surface area (TPSA) is 29.3 Å². The van der Waals surface area contributed by atoms with E-state index in [1.165, 1.54) is 11.6 Å². The Morgan fingerprint density at radius 3 is 2.37 bits per heavy atom. The number of nitrogens with zero attached hydrogens (tertiary/aromatic N) is 1. The van der Waals surface area contributed by atoms with E-state index in [1.807, 2.05) is 49.2 Å². The highest BCUT2D eigenvalue weighted by molar-refractivity contribution is 5.50. The maximum absolute atomic E-state index is 13.9. The molecule has 1 unspecified atom stereocenters. The van der Waals surface area contributed by atoms with Gasteiger partial charge in [0.25, 0.3) is 0 Å². The molecule has 2 aromatic rings. The van der Waals surface area contributed by atoms with Crippen LogP contribution in [0.15, 0.2) is 48.5 Å². The second-order valence-electron chi connectivity index (χ2n) is 4.67. The highest BCUT2D eigenvalue weighted by Gasteiger charge is 2.19. The van der Waals surface area contributed by atoms with Crippen LogP contribution < -0.4 is 10.6 Å². The van der Waals surface area contributed by atoms with Crippen molar-refractivity contribution < 1.29 is 4.39 Å². The molecule has 0 saturated carbocycles. The fraction of sp³-hybridized carbons (Fsp3) is 0.250. The number of anilines is 1. The molecule has 0 spiro atoms. The molecular formula is C16H19FN2. The Hall–Kier alpha value is -1.87. The summed E-state index contributed by atoms with van der Waals surface area (Å²) < 4.78 is 13.9. The first-order valence-corrected chi connectivity index (χ1v) is 6.38. The van der Waals surface area contributed by atoms with Gasteiger partial charge in [0.2, 0.25) is 0 Å². The number of aryl methyl sites for hydroxylation is 1. The molecule has 0 amide bonds. The maximum Gasteiger partial charge on any atom is 0.146 e. The van der Waals surface area contributed by atoms with Gasteiger partial charge in [-0.1, -0.05) is 36.4 Å². The number of hydrogen-bond acceptors (Lipinski definition) is 2. The highest BCUT2D eigenvalue weighted by atomic mass is 19.1. The molecule has 0 saturated heterocycles. The van der Waals surface area contributed by atoms with Crippen molar-refractivity contribution in [2.45, 2.75) is 13.0 Å². The number of nitrogens with two attached hydrogens (primary N) is 1. The van der Waals surface area contributed by atoms with Gasteiger partial charge >= 0.3 is 0 Å². The van der Waals surface area contributed by atoms with Crippen molar-refractivity contribution in [3.63, 3.8) is 0 Å². The van der Waals surface area contributed by atoms with Crippen LogP contribution in [0.2, 0.25) is 0 Å². The normalized spacial score (nSPS) is 12.2. The molecule has 0 bridgehead atoms. The Kier molecular flexibility index (Phi) is 4.17. The van der Waals surface area contributed by atoms with Crippen LogP contribution in [0, 0.1) is 12.7 Å². The Balaban J connectivity index is 2.38. The lowest BCUT2D eigenvalue weighted by Gasteiger charge is -2.30. The van der Waals surface area contributed by atoms with Gasteiger partial charge in [0.15, 0.2) is 0 Å². The average Bonchev–Trinajstić information content (AvgIpc) is 2.42. The zero-order chi connectivity index (χ0) is 13.8. The van der Waals surface area contributed by atoms with Crippen molar-refractivity contribution in [2.24, 2.45) is 5.73 Å². The van der Waals surface area contributed by atoms with Crippen molar-refractivity contribution in [1.29, 1.82) is 0 Å². The van der Waals surface area contributed by atoms with E-state index in [4.69, 9.17) is 5.73 Å². The van der Waals surface area contributed by atoms with Gasteiger partial charge in [0, 0.05) is 13.6 Å². The van der Waals surface area contributed by atoms with Gasteiger partial charge in [-0.05, 0) is 30.2 Å². The predicted octanol–water partition coefficient (Wildman–Crippen LogP) is 3.27. The van der Waals surface area contributed by atoms with E-state index in [-0.39, 0.29) is 11.9 Å². The Morgan fingerprint density at radius 2 is 1.74 bits per heavy atom. The number of rotatable bonds is 4. The van der Waals surface area contributed by atoms with E-state index in [2.05, 4.69) is 0 Å². The van der Waals surface area contributed by atoms with E-state index in [1.54, 1.807) is 12.1 Å². The van der Waals surface area contributed by atoms with Crippen LogP contribution in [0.3, 0.4) is 0 Å². The maximum atomic E-state index is 13.9. The molecule has 0 radical (unpaired) electrons. The first-order valence-electron chi connectivity index (χ1n) is 6.38. The van der Waals surface area contributed by atoms with Crippen LogP contribution in [-0.4, -0.2) is 13.6 Å². The fourth-order valence-electron chi connectivity index (χ4n) is 2.36. The average molecular weight is 258 g/mol. The zero-order valence-corrected chi connectivity index (χ0v) is 11.3. The minimum atomic E-state index is -0.225. The molecule has 0 aliphatic rings. The van der Waals surface area contributed by atoms with Gasteiger partial charge < -0.3 is 10.6 Å². The third kappa shape index (κ3) is 2.76. The van der Waals surface area contributed by atoms with Crippen molar-refractivity contribution in [2.75, 3.05) is 18.5 Å². The summed E-state index contributed by atoms with van der Waals surface area (Å²) in [6.45, 7) is 2.49. The minimum Gasteiger partial charge on any atom is -0.364 e. The lowest BCUT2D eigenvalue weighted by molar-refractivity contribution is 0.602. The molecule has 100 valence electrons. The van der Waals surface area contributed by atoms with E-state index in [0.717, 1.165) is 5.56 Å². The first-order chi connectivity index (χ1) is 9.15. The summed E-state index contributed by atoms with van der Waals surface area (Å²) in [5.41, 5.74) is 8.77. The zero-order valence-electron chi connectivity index (χ0n) is 11.3. The summed E-state index contributed by atoms with van der Waals surface area (Å²) in [4.78, 5) is 1.90. The number of benzene rings is 2. The van der Waals surface area contributed by atoms with Gasteiger partial charge in [-0.2, -0.15) is 0 Å². The molecule has 0 aromatic heterocycles. The van der Waals surface area contributed by atoms with Crippen molar-refractivity contribution >= 4 is 5.69 Å². The molecule has 0 fully saturated rings. The SMILES string of the molecule is Cc1ccccc1C(CN)N(C)c1ccccc1F. The molecule has 3 heteroatoms. The van der Waals surface area contributed by atoms with E-state index in [9.17, 15) is 4.39 Å². The van der Waals surface area contributed by atoms with Crippen LogP contribution in [-0.2, 0) is 0 Å². The van der Waals surface area contributed by atoms with E-state index < -0.39 is 0 Å². The molecule has 2 aromatic carbocycles. The van der Waals surface area contributed by atoms with Gasteiger partial charge in [-0.3, -0.25) is 0 Å². The van der Waals surface area contributed by atoms with Gasteiger partial charge in [-0.25, -0.2) is 4.39 Å². The van der Waals surface area contributed by atoms with Crippen LogP contribution in [0.4, 0.5) is 10.1 Å². The highest BCUT2D eigenvalue weighted by Crippen LogP contribution is 2.28. The van der Waals surface area contributed by atoms with Crippen molar-refractivity contribution in [3.8, 4) is 0 Å². The van der Waals surface area contributed by atoms with Crippen LogP contribution in [0.25, 0.3) is 0 Å². The molecule has 0 heterocycles. The second-order valence-corrected chi connectivity index (χ2v) is 4.67. The van der Waals surface area contributed by atoms with Crippen molar-refractivity contribution in [3.05, 3.63) is 65.5 Å². The van der Waals surface area contributed by atoms with E-state index >= 15 is 0 Å². The fourth-order valence-corrected chi connectivity index (χ4v) is 2.36. The summed E-state index contributed by atoms with van der Waals surface area (Å²) in [5.74, 6) is -0.225. The van der Waals surface area contributed by atoms with Gasteiger partial charge in [-0.15, -0.1) is 0 Å². The first kappa shape index (κ1) is 13.6. The smallest absolute Gasteiger partial charge is 0.146 e. The molecule has 1 atom stereocenters. The summed E-state index contributed by atoms with van der Waals surface area (Å²) in [5, 5.41) is 0. The number of likely N-dealkylation sites (N-methyl/N-ethyl adjacent to an activating group) is 1. The third-order valence-electron chi connectivity index (χ3n) is 3.47. The van der Waals surface area contributed by atoms with Crippen LogP contribution >= 0.6 is 0 Å². The van der Waals surface area contributed by atoms with Gasteiger partial charge in [0.05, 0.1) is 11.7 Å².